The second-order valence-electron chi connectivity index (χ2n) is 6.02. The second-order valence-corrected chi connectivity index (χ2v) is 6.02. The van der Waals surface area contributed by atoms with Crippen molar-refractivity contribution in [3.63, 3.8) is 0 Å². The molecule has 2 aromatic rings. The van der Waals surface area contributed by atoms with Gasteiger partial charge < -0.3 is 10.2 Å². The molecule has 1 saturated heterocycles. The van der Waals surface area contributed by atoms with E-state index in [0.717, 1.165) is 19.6 Å². The first-order valence-electron chi connectivity index (χ1n) is 7.55. The van der Waals surface area contributed by atoms with Crippen molar-refractivity contribution in [1.29, 1.82) is 0 Å². The average molecular weight is 269 g/mol. The maximum absolute atomic E-state index is 4.31. The van der Waals surface area contributed by atoms with Gasteiger partial charge in [0.15, 0.2) is 0 Å². The highest BCUT2D eigenvalue weighted by Gasteiger charge is 2.18. The number of hydrogen-bond donors (Lipinski definition) is 1. The zero-order chi connectivity index (χ0) is 13.9. The van der Waals surface area contributed by atoms with E-state index in [1.165, 1.54) is 22.9 Å². The third-order valence-electron chi connectivity index (χ3n) is 4.18. The van der Waals surface area contributed by atoms with E-state index in [9.17, 15) is 0 Å². The largest absolute Gasteiger partial charge is 0.371 e. The lowest BCUT2D eigenvalue weighted by Crippen LogP contribution is -2.42. The Morgan fingerprint density at radius 2 is 2.15 bits per heavy atom. The summed E-state index contributed by atoms with van der Waals surface area (Å²) in [6.45, 7) is 7.91. The molecule has 0 saturated carbocycles. The van der Waals surface area contributed by atoms with Crippen LogP contribution in [-0.2, 0) is 0 Å². The molecular formula is C17H23N3. The van der Waals surface area contributed by atoms with Crippen LogP contribution in [0.4, 0.5) is 5.69 Å². The Morgan fingerprint density at radius 1 is 1.25 bits per heavy atom. The van der Waals surface area contributed by atoms with Gasteiger partial charge in [0.25, 0.3) is 0 Å². The van der Waals surface area contributed by atoms with E-state index in [4.69, 9.17) is 0 Å². The molecule has 1 aliphatic heterocycles. The monoisotopic (exact) mass is 269 g/mol. The standard InChI is InChI=1S/C17H23N3/c1-13-10-19-14(2)7-9-20(12-13)17-5-3-4-15-6-8-18-11-16(15)17/h3-6,8,11,13-14,19H,7,9-10,12H2,1-2H3. The molecule has 2 unspecified atom stereocenters. The van der Waals surface area contributed by atoms with Crippen molar-refractivity contribution < 1.29 is 0 Å². The molecule has 0 amide bonds. The summed E-state index contributed by atoms with van der Waals surface area (Å²) in [5.41, 5.74) is 1.33. The van der Waals surface area contributed by atoms with Crippen LogP contribution in [0.3, 0.4) is 0 Å². The van der Waals surface area contributed by atoms with Gasteiger partial charge in [-0.05, 0) is 43.3 Å². The molecule has 2 atom stereocenters. The van der Waals surface area contributed by atoms with Gasteiger partial charge in [-0.1, -0.05) is 19.1 Å². The molecule has 1 aliphatic rings. The Hall–Kier alpha value is -1.61. The van der Waals surface area contributed by atoms with Gasteiger partial charge in [0.05, 0.1) is 0 Å². The molecular weight excluding hydrogens is 246 g/mol. The summed E-state index contributed by atoms with van der Waals surface area (Å²) in [5, 5.41) is 6.15. The number of anilines is 1. The first-order valence-corrected chi connectivity index (χ1v) is 7.55. The van der Waals surface area contributed by atoms with Crippen molar-refractivity contribution in [3.05, 3.63) is 36.7 Å². The van der Waals surface area contributed by atoms with Crippen molar-refractivity contribution in [1.82, 2.24) is 10.3 Å². The van der Waals surface area contributed by atoms with Crippen LogP contribution in [0.2, 0.25) is 0 Å². The number of pyridine rings is 1. The van der Waals surface area contributed by atoms with E-state index in [1.807, 2.05) is 12.4 Å². The molecule has 3 nitrogen and oxygen atoms in total. The number of benzene rings is 1. The molecule has 1 aromatic carbocycles. The van der Waals surface area contributed by atoms with Gasteiger partial charge in [0.1, 0.15) is 0 Å². The zero-order valence-corrected chi connectivity index (χ0v) is 12.3. The van der Waals surface area contributed by atoms with Crippen LogP contribution in [-0.4, -0.2) is 30.7 Å². The molecule has 1 N–H and O–H groups in total. The van der Waals surface area contributed by atoms with Crippen LogP contribution in [0.15, 0.2) is 36.7 Å². The van der Waals surface area contributed by atoms with Crippen LogP contribution < -0.4 is 10.2 Å². The molecule has 0 bridgehead atoms. The Bertz CT molecular complexity index is 576. The highest BCUT2D eigenvalue weighted by molar-refractivity contribution is 5.93. The Morgan fingerprint density at radius 3 is 3.05 bits per heavy atom. The first-order chi connectivity index (χ1) is 9.74. The fraction of sp³-hybridized carbons (Fsp3) is 0.471. The maximum atomic E-state index is 4.31. The van der Waals surface area contributed by atoms with Gasteiger partial charge in [0.2, 0.25) is 0 Å². The summed E-state index contributed by atoms with van der Waals surface area (Å²) >= 11 is 0. The van der Waals surface area contributed by atoms with Crippen molar-refractivity contribution in [2.24, 2.45) is 5.92 Å². The van der Waals surface area contributed by atoms with Gasteiger partial charge in [-0.3, -0.25) is 4.98 Å². The summed E-state index contributed by atoms with van der Waals surface area (Å²) in [6.07, 6.45) is 5.05. The van der Waals surface area contributed by atoms with Crippen molar-refractivity contribution in [2.75, 3.05) is 24.5 Å². The normalized spacial score (nSPS) is 24.4. The molecule has 0 spiro atoms. The fourth-order valence-electron chi connectivity index (χ4n) is 2.98. The molecule has 1 aromatic heterocycles. The molecule has 0 aliphatic carbocycles. The predicted molar refractivity (Wildman–Crippen MR) is 85.2 cm³/mol. The van der Waals surface area contributed by atoms with Crippen LogP contribution in [0, 0.1) is 5.92 Å². The van der Waals surface area contributed by atoms with E-state index in [1.54, 1.807) is 0 Å². The molecule has 0 radical (unpaired) electrons. The zero-order valence-electron chi connectivity index (χ0n) is 12.3. The first kappa shape index (κ1) is 13.4. The highest BCUT2D eigenvalue weighted by Crippen LogP contribution is 2.27. The van der Waals surface area contributed by atoms with Gasteiger partial charge >= 0.3 is 0 Å². The van der Waals surface area contributed by atoms with E-state index in [0.29, 0.717) is 12.0 Å². The van der Waals surface area contributed by atoms with E-state index >= 15 is 0 Å². The molecule has 106 valence electrons. The second kappa shape index (κ2) is 5.80. The summed E-state index contributed by atoms with van der Waals surface area (Å²) < 4.78 is 0. The molecule has 20 heavy (non-hydrogen) atoms. The predicted octanol–water partition coefficient (Wildman–Crippen LogP) is 3.06. The van der Waals surface area contributed by atoms with Crippen LogP contribution in [0.25, 0.3) is 10.8 Å². The third-order valence-corrected chi connectivity index (χ3v) is 4.18. The molecule has 3 heteroatoms. The SMILES string of the molecule is CC1CNC(C)CCN(c2cccc3ccncc23)C1. The number of rotatable bonds is 1. The van der Waals surface area contributed by atoms with Gasteiger partial charge in [-0.25, -0.2) is 0 Å². The summed E-state index contributed by atoms with van der Waals surface area (Å²) in [7, 11) is 0. The average Bonchev–Trinajstić information content (AvgIpc) is 2.47. The fourth-order valence-corrected chi connectivity index (χ4v) is 2.98. The lowest BCUT2D eigenvalue weighted by atomic mass is 10.0. The minimum absolute atomic E-state index is 0.591. The Balaban J connectivity index is 1.95. The summed E-state index contributed by atoms with van der Waals surface area (Å²) in [5.74, 6) is 0.657. The summed E-state index contributed by atoms with van der Waals surface area (Å²) in [4.78, 5) is 6.84. The number of hydrogen-bond acceptors (Lipinski definition) is 3. The van der Waals surface area contributed by atoms with Gasteiger partial charge in [-0.2, -0.15) is 0 Å². The van der Waals surface area contributed by atoms with E-state index in [2.05, 4.69) is 53.3 Å². The quantitative estimate of drug-likeness (QED) is 0.862. The van der Waals surface area contributed by atoms with Crippen molar-refractivity contribution in [2.45, 2.75) is 26.3 Å². The summed E-state index contributed by atoms with van der Waals surface area (Å²) in [6, 6.07) is 9.24. The van der Waals surface area contributed by atoms with Crippen LogP contribution in [0.5, 0.6) is 0 Å². The number of fused-ring (bicyclic) bond motifs is 1. The maximum Gasteiger partial charge on any atom is 0.0461 e. The van der Waals surface area contributed by atoms with E-state index < -0.39 is 0 Å². The van der Waals surface area contributed by atoms with Crippen LogP contribution in [0.1, 0.15) is 20.3 Å². The molecule has 2 heterocycles. The van der Waals surface area contributed by atoms with Crippen molar-refractivity contribution >= 4 is 16.5 Å². The Labute approximate surface area is 121 Å². The Kier molecular flexibility index (Phi) is 3.88. The smallest absolute Gasteiger partial charge is 0.0461 e. The minimum Gasteiger partial charge on any atom is -0.371 e. The highest BCUT2D eigenvalue weighted by atomic mass is 15.1. The van der Waals surface area contributed by atoms with Crippen LogP contribution >= 0.6 is 0 Å². The lowest BCUT2D eigenvalue weighted by Gasteiger charge is -2.33. The molecule has 3 rings (SSSR count). The van der Waals surface area contributed by atoms with E-state index in [-0.39, 0.29) is 0 Å². The van der Waals surface area contributed by atoms with Gasteiger partial charge in [0, 0.05) is 42.6 Å². The topological polar surface area (TPSA) is 28.2 Å². The van der Waals surface area contributed by atoms with Gasteiger partial charge in [-0.15, -0.1) is 0 Å². The minimum atomic E-state index is 0.591. The van der Waals surface area contributed by atoms with Crippen molar-refractivity contribution in [3.8, 4) is 0 Å². The third kappa shape index (κ3) is 2.78. The number of nitrogens with zero attached hydrogens (tertiary/aromatic N) is 2. The molecule has 1 fully saturated rings. The lowest BCUT2D eigenvalue weighted by molar-refractivity contribution is 0.411. The number of nitrogens with one attached hydrogen (secondary N) is 1. The number of aromatic nitrogens is 1.